The van der Waals surface area contributed by atoms with Gasteiger partial charge in [-0.15, -0.1) is 0 Å². The Labute approximate surface area is 127 Å². The minimum absolute atomic E-state index is 0.308. The van der Waals surface area contributed by atoms with Gasteiger partial charge in [-0.2, -0.15) is 0 Å². The fourth-order valence-corrected chi connectivity index (χ4v) is 2.91. The first kappa shape index (κ1) is 15.8. The molecule has 116 valence electrons. The van der Waals surface area contributed by atoms with E-state index in [9.17, 15) is 4.79 Å². The Morgan fingerprint density at radius 3 is 2.81 bits per heavy atom. The lowest BCUT2D eigenvalue weighted by Gasteiger charge is -2.16. The van der Waals surface area contributed by atoms with Crippen LogP contribution in [0.25, 0.3) is 0 Å². The number of nitrogens with zero attached hydrogens (tertiary/aromatic N) is 1. The van der Waals surface area contributed by atoms with E-state index in [1.54, 1.807) is 7.11 Å². The highest BCUT2D eigenvalue weighted by Crippen LogP contribution is 2.18. The molecule has 1 saturated heterocycles. The van der Waals surface area contributed by atoms with Crippen molar-refractivity contribution >= 4 is 5.91 Å². The Hall–Kier alpha value is -1.55. The van der Waals surface area contributed by atoms with E-state index in [0.29, 0.717) is 18.2 Å². The molecule has 0 bridgehead atoms. The summed E-state index contributed by atoms with van der Waals surface area (Å²) in [6.45, 7) is 2.85. The van der Waals surface area contributed by atoms with Crippen LogP contribution >= 0.6 is 0 Å². The smallest absolute Gasteiger partial charge is 0.222 e. The summed E-state index contributed by atoms with van der Waals surface area (Å²) >= 11 is 0. The van der Waals surface area contributed by atoms with Gasteiger partial charge in [0.05, 0.1) is 7.11 Å². The molecular weight excluding hydrogens is 264 g/mol. The molecule has 0 radical (unpaired) electrons. The molecular formula is C17H26N2O2. The Balaban J connectivity index is 1.69. The van der Waals surface area contributed by atoms with Gasteiger partial charge in [0.2, 0.25) is 5.91 Å². The lowest BCUT2D eigenvalue weighted by atomic mass is 10.1. The maximum atomic E-state index is 12.2. The molecule has 4 nitrogen and oxygen atoms in total. The van der Waals surface area contributed by atoms with Crippen molar-refractivity contribution in [2.75, 3.05) is 33.8 Å². The van der Waals surface area contributed by atoms with Gasteiger partial charge in [-0.1, -0.05) is 12.1 Å². The average Bonchev–Trinajstić information content (AvgIpc) is 2.97. The van der Waals surface area contributed by atoms with E-state index in [2.05, 4.69) is 17.4 Å². The summed E-state index contributed by atoms with van der Waals surface area (Å²) in [5.41, 5.74) is 1.26. The first-order chi connectivity index (χ1) is 10.2. The summed E-state index contributed by atoms with van der Waals surface area (Å²) < 4.78 is 5.14. The first-order valence-electron chi connectivity index (χ1n) is 7.78. The van der Waals surface area contributed by atoms with Crippen LogP contribution in [0.15, 0.2) is 24.3 Å². The monoisotopic (exact) mass is 290 g/mol. The van der Waals surface area contributed by atoms with Crippen LogP contribution in [-0.4, -0.2) is 44.6 Å². The van der Waals surface area contributed by atoms with Crippen molar-refractivity contribution in [3.63, 3.8) is 0 Å². The van der Waals surface area contributed by atoms with Crippen LogP contribution < -0.4 is 10.1 Å². The second-order valence-corrected chi connectivity index (χ2v) is 5.75. The van der Waals surface area contributed by atoms with Gasteiger partial charge in [0.25, 0.3) is 0 Å². The number of hydrogen-bond donors (Lipinski definition) is 1. The number of carbonyl (C=O) groups is 1. The van der Waals surface area contributed by atoms with E-state index in [4.69, 9.17) is 4.74 Å². The minimum Gasteiger partial charge on any atom is -0.497 e. The van der Waals surface area contributed by atoms with Crippen molar-refractivity contribution in [3.8, 4) is 5.75 Å². The molecule has 21 heavy (non-hydrogen) atoms. The Kier molecular flexibility index (Phi) is 6.05. The van der Waals surface area contributed by atoms with E-state index < -0.39 is 0 Å². The van der Waals surface area contributed by atoms with Crippen LogP contribution in [0.2, 0.25) is 0 Å². The number of likely N-dealkylation sites (tertiary alicyclic amines) is 1. The quantitative estimate of drug-likeness (QED) is 0.836. The van der Waals surface area contributed by atoms with Crippen LogP contribution in [0.3, 0.4) is 0 Å². The number of amides is 1. The van der Waals surface area contributed by atoms with Gasteiger partial charge in [-0.05, 0) is 56.5 Å². The molecule has 1 heterocycles. The molecule has 0 aromatic heterocycles. The topological polar surface area (TPSA) is 41.6 Å². The highest BCUT2D eigenvalue weighted by Gasteiger charge is 2.24. The number of methoxy groups -OCH3 is 1. The van der Waals surface area contributed by atoms with E-state index in [0.717, 1.165) is 44.6 Å². The minimum atomic E-state index is 0.308. The van der Waals surface area contributed by atoms with Gasteiger partial charge in [-0.3, -0.25) is 4.79 Å². The average molecular weight is 290 g/mol. The number of carbonyl (C=O) groups excluding carboxylic acids is 1. The van der Waals surface area contributed by atoms with Crippen LogP contribution in [-0.2, 0) is 11.2 Å². The predicted octanol–water partition coefficient (Wildman–Crippen LogP) is 2.09. The number of rotatable bonds is 7. The molecule has 1 N–H and O–H groups in total. The molecule has 0 aliphatic carbocycles. The third kappa shape index (κ3) is 4.74. The molecule has 1 aliphatic rings. The molecule has 1 amide bonds. The fraction of sp³-hybridized carbons (Fsp3) is 0.588. The summed E-state index contributed by atoms with van der Waals surface area (Å²) in [5.74, 6) is 1.81. The highest BCUT2D eigenvalue weighted by molar-refractivity contribution is 5.76. The Morgan fingerprint density at radius 2 is 2.14 bits per heavy atom. The van der Waals surface area contributed by atoms with Crippen LogP contribution in [0.1, 0.15) is 24.8 Å². The summed E-state index contributed by atoms with van der Waals surface area (Å²) in [7, 11) is 3.64. The van der Waals surface area contributed by atoms with Crippen LogP contribution in [0.5, 0.6) is 5.75 Å². The van der Waals surface area contributed by atoms with Crippen molar-refractivity contribution in [1.82, 2.24) is 10.2 Å². The van der Waals surface area contributed by atoms with Crippen molar-refractivity contribution < 1.29 is 9.53 Å². The molecule has 1 aromatic rings. The summed E-state index contributed by atoms with van der Waals surface area (Å²) in [4.78, 5) is 14.2. The number of benzene rings is 1. The Morgan fingerprint density at radius 1 is 1.38 bits per heavy atom. The predicted molar refractivity (Wildman–Crippen MR) is 84.5 cm³/mol. The molecule has 1 aliphatic heterocycles. The molecule has 1 fully saturated rings. The zero-order valence-electron chi connectivity index (χ0n) is 13.1. The van der Waals surface area contributed by atoms with Crippen molar-refractivity contribution in [2.45, 2.75) is 25.7 Å². The van der Waals surface area contributed by atoms with Crippen molar-refractivity contribution in [2.24, 2.45) is 5.92 Å². The van der Waals surface area contributed by atoms with Crippen LogP contribution in [0.4, 0.5) is 0 Å². The number of hydrogen-bond acceptors (Lipinski definition) is 3. The molecule has 4 heteroatoms. The molecule has 0 saturated carbocycles. The van der Waals surface area contributed by atoms with Gasteiger partial charge in [0, 0.05) is 19.5 Å². The fourth-order valence-electron chi connectivity index (χ4n) is 2.91. The second kappa shape index (κ2) is 8.03. The maximum Gasteiger partial charge on any atom is 0.222 e. The summed E-state index contributed by atoms with van der Waals surface area (Å²) in [6, 6.07) is 8.09. The third-order valence-corrected chi connectivity index (χ3v) is 4.15. The van der Waals surface area contributed by atoms with Crippen molar-refractivity contribution in [1.29, 1.82) is 0 Å². The van der Waals surface area contributed by atoms with Gasteiger partial charge in [-0.25, -0.2) is 0 Å². The zero-order valence-corrected chi connectivity index (χ0v) is 13.1. The van der Waals surface area contributed by atoms with Gasteiger partial charge in [0.15, 0.2) is 0 Å². The van der Waals surface area contributed by atoms with Gasteiger partial charge >= 0.3 is 0 Å². The normalized spacial score (nSPS) is 18.0. The standard InChI is InChI=1S/C17H26N2O2/c1-18-12-15-10-11-19(13-15)17(20)5-3-4-14-6-8-16(21-2)9-7-14/h6-9,15,18H,3-5,10-13H2,1-2H3. The van der Waals surface area contributed by atoms with E-state index >= 15 is 0 Å². The second-order valence-electron chi connectivity index (χ2n) is 5.75. The summed E-state index contributed by atoms with van der Waals surface area (Å²) in [6.07, 6.45) is 3.64. The molecule has 2 rings (SSSR count). The Bertz CT molecular complexity index is 445. The molecule has 1 unspecified atom stereocenters. The lowest BCUT2D eigenvalue weighted by Crippen LogP contribution is -2.30. The van der Waals surface area contributed by atoms with Crippen molar-refractivity contribution in [3.05, 3.63) is 29.8 Å². The highest BCUT2D eigenvalue weighted by atomic mass is 16.5. The molecule has 1 aromatic carbocycles. The van der Waals surface area contributed by atoms with E-state index in [1.807, 2.05) is 24.1 Å². The molecule has 0 spiro atoms. The number of aryl methyl sites for hydroxylation is 1. The van der Waals surface area contributed by atoms with Gasteiger partial charge in [0.1, 0.15) is 5.75 Å². The number of ether oxygens (including phenoxy) is 1. The maximum absolute atomic E-state index is 12.2. The molecule has 1 atom stereocenters. The SMILES string of the molecule is CNCC1CCN(C(=O)CCCc2ccc(OC)cc2)C1. The first-order valence-corrected chi connectivity index (χ1v) is 7.78. The number of nitrogens with one attached hydrogen (secondary N) is 1. The largest absolute Gasteiger partial charge is 0.497 e. The summed E-state index contributed by atoms with van der Waals surface area (Å²) in [5, 5.41) is 3.19. The van der Waals surface area contributed by atoms with Gasteiger partial charge < -0.3 is 15.0 Å². The van der Waals surface area contributed by atoms with E-state index in [1.165, 1.54) is 5.56 Å². The van der Waals surface area contributed by atoms with E-state index in [-0.39, 0.29) is 0 Å². The zero-order chi connectivity index (χ0) is 15.1. The third-order valence-electron chi connectivity index (χ3n) is 4.15. The van der Waals surface area contributed by atoms with Crippen LogP contribution in [0, 0.1) is 5.92 Å². The lowest BCUT2D eigenvalue weighted by molar-refractivity contribution is -0.130.